The monoisotopic (exact) mass is 282 g/mol. The lowest BCUT2D eigenvalue weighted by Crippen LogP contribution is -2.37. The van der Waals surface area contributed by atoms with Crippen LogP contribution in [0.15, 0.2) is 24.3 Å². The van der Waals surface area contributed by atoms with E-state index >= 15 is 0 Å². The molecule has 1 aromatic carbocycles. The zero-order chi connectivity index (χ0) is 14.5. The highest BCUT2D eigenvalue weighted by Gasteiger charge is 2.21. The fraction of sp³-hybridized carbons (Fsp3) is 0.533. The number of halogens is 1. The number of hydrogen-bond donors (Lipinski definition) is 1. The Bertz CT molecular complexity index is 413. The summed E-state index contributed by atoms with van der Waals surface area (Å²) < 4.78 is 0. The second kappa shape index (κ2) is 6.92. The van der Waals surface area contributed by atoms with Crippen molar-refractivity contribution in [2.45, 2.75) is 25.7 Å². The van der Waals surface area contributed by atoms with Gasteiger partial charge in [0.25, 0.3) is 0 Å². The predicted molar refractivity (Wildman–Crippen MR) is 80.7 cm³/mol. The van der Waals surface area contributed by atoms with Gasteiger partial charge in [0.05, 0.1) is 0 Å². The summed E-state index contributed by atoms with van der Waals surface area (Å²) in [6, 6.07) is 7.78. The molecule has 0 aromatic heterocycles. The number of benzene rings is 1. The van der Waals surface area contributed by atoms with Crippen molar-refractivity contribution in [3.8, 4) is 0 Å². The summed E-state index contributed by atoms with van der Waals surface area (Å²) in [5.74, 6) is 0.0933. The van der Waals surface area contributed by atoms with Gasteiger partial charge in [-0.15, -0.1) is 0 Å². The van der Waals surface area contributed by atoms with Gasteiger partial charge in [-0.2, -0.15) is 0 Å². The first-order valence-electron chi connectivity index (χ1n) is 6.49. The Balaban J connectivity index is 2.50. The lowest BCUT2D eigenvalue weighted by molar-refractivity contribution is -0.121. The number of nitrogens with zero attached hydrogens (tertiary/aromatic N) is 1. The van der Waals surface area contributed by atoms with Crippen LogP contribution in [0.2, 0.25) is 5.02 Å². The fourth-order valence-electron chi connectivity index (χ4n) is 1.74. The Kier molecular flexibility index (Phi) is 5.83. The molecule has 1 N–H and O–H groups in total. The summed E-state index contributed by atoms with van der Waals surface area (Å²) >= 11 is 5.89. The van der Waals surface area contributed by atoms with Gasteiger partial charge in [-0.25, -0.2) is 0 Å². The summed E-state index contributed by atoms with van der Waals surface area (Å²) in [5, 5.41) is 3.72. The number of carbonyl (C=O) groups is 1. The Hall–Kier alpha value is -1.06. The van der Waals surface area contributed by atoms with Crippen molar-refractivity contribution in [1.29, 1.82) is 0 Å². The van der Waals surface area contributed by atoms with Crippen LogP contribution >= 0.6 is 11.6 Å². The highest BCUT2D eigenvalue weighted by Crippen LogP contribution is 2.23. The van der Waals surface area contributed by atoms with Gasteiger partial charge in [0.15, 0.2) is 0 Å². The zero-order valence-electron chi connectivity index (χ0n) is 12.2. The molecule has 106 valence electrons. The van der Waals surface area contributed by atoms with E-state index in [2.05, 4.69) is 19.2 Å². The molecule has 0 spiro atoms. The first kappa shape index (κ1) is 16.0. The maximum atomic E-state index is 11.7. The number of hydrogen-bond acceptors (Lipinski definition) is 2. The van der Waals surface area contributed by atoms with Crippen molar-refractivity contribution < 1.29 is 4.79 Å². The molecule has 0 fully saturated rings. The quantitative estimate of drug-likeness (QED) is 0.870. The third-order valence-electron chi connectivity index (χ3n) is 3.14. The molecule has 1 amide bonds. The van der Waals surface area contributed by atoms with Crippen molar-refractivity contribution in [3.63, 3.8) is 0 Å². The third-order valence-corrected chi connectivity index (χ3v) is 3.39. The van der Waals surface area contributed by atoms with Crippen molar-refractivity contribution in [2.24, 2.45) is 0 Å². The average Bonchev–Trinajstić information content (AvgIpc) is 2.34. The van der Waals surface area contributed by atoms with Gasteiger partial charge in [-0.05, 0) is 31.8 Å². The Morgan fingerprint density at radius 1 is 1.26 bits per heavy atom. The molecule has 0 unspecified atom stereocenters. The molecule has 0 aliphatic heterocycles. The zero-order valence-corrected chi connectivity index (χ0v) is 12.9. The van der Waals surface area contributed by atoms with Crippen LogP contribution in [0.4, 0.5) is 0 Å². The minimum atomic E-state index is -0.0988. The SMILES string of the molecule is CN(C)CCC(=O)NCC(C)(C)c1ccc(Cl)cc1. The second-order valence-electron chi connectivity index (χ2n) is 5.72. The standard InChI is InChI=1S/C15H23ClN2O/c1-15(2,12-5-7-13(16)8-6-12)11-17-14(19)9-10-18(3)4/h5-8H,9-11H2,1-4H3,(H,17,19). The Labute approximate surface area is 120 Å². The van der Waals surface area contributed by atoms with E-state index in [4.69, 9.17) is 11.6 Å². The summed E-state index contributed by atoms with van der Waals surface area (Å²) in [5.41, 5.74) is 1.07. The Morgan fingerprint density at radius 2 is 1.84 bits per heavy atom. The van der Waals surface area contributed by atoms with Gasteiger partial charge in [-0.1, -0.05) is 37.6 Å². The molecule has 0 aliphatic carbocycles. The highest BCUT2D eigenvalue weighted by molar-refractivity contribution is 6.30. The van der Waals surface area contributed by atoms with Crippen LogP contribution in [0.25, 0.3) is 0 Å². The van der Waals surface area contributed by atoms with E-state index in [0.29, 0.717) is 13.0 Å². The normalized spacial score (nSPS) is 11.7. The molecule has 0 aliphatic rings. The fourth-order valence-corrected chi connectivity index (χ4v) is 1.86. The van der Waals surface area contributed by atoms with E-state index in [0.717, 1.165) is 11.6 Å². The van der Waals surface area contributed by atoms with Gasteiger partial charge < -0.3 is 10.2 Å². The molecule has 1 aromatic rings. The van der Waals surface area contributed by atoms with Crippen molar-refractivity contribution in [2.75, 3.05) is 27.2 Å². The Morgan fingerprint density at radius 3 is 2.37 bits per heavy atom. The van der Waals surface area contributed by atoms with Gasteiger partial charge in [0.2, 0.25) is 5.91 Å². The van der Waals surface area contributed by atoms with Crippen LogP contribution < -0.4 is 5.32 Å². The van der Waals surface area contributed by atoms with Gasteiger partial charge in [0, 0.05) is 29.9 Å². The molecule has 0 radical (unpaired) electrons. The molecule has 0 atom stereocenters. The molecule has 1 rings (SSSR count). The average molecular weight is 283 g/mol. The summed E-state index contributed by atoms with van der Waals surface area (Å²) in [6.45, 7) is 5.62. The minimum absolute atomic E-state index is 0.0933. The number of carbonyl (C=O) groups excluding carboxylic acids is 1. The molecule has 0 heterocycles. The second-order valence-corrected chi connectivity index (χ2v) is 6.16. The van der Waals surface area contributed by atoms with E-state index in [9.17, 15) is 4.79 Å². The van der Waals surface area contributed by atoms with Crippen LogP contribution in [-0.4, -0.2) is 38.0 Å². The van der Waals surface area contributed by atoms with Crippen LogP contribution in [0, 0.1) is 0 Å². The molecule has 4 heteroatoms. The molecular weight excluding hydrogens is 260 g/mol. The maximum Gasteiger partial charge on any atom is 0.221 e. The van der Waals surface area contributed by atoms with Crippen molar-refractivity contribution in [1.82, 2.24) is 10.2 Å². The van der Waals surface area contributed by atoms with E-state index < -0.39 is 0 Å². The molecule has 0 saturated heterocycles. The third kappa shape index (κ3) is 5.62. The summed E-state index contributed by atoms with van der Waals surface area (Å²) in [6.07, 6.45) is 0.531. The smallest absolute Gasteiger partial charge is 0.221 e. The van der Waals surface area contributed by atoms with E-state index in [-0.39, 0.29) is 11.3 Å². The van der Waals surface area contributed by atoms with Crippen LogP contribution in [-0.2, 0) is 10.2 Å². The van der Waals surface area contributed by atoms with Crippen LogP contribution in [0.1, 0.15) is 25.8 Å². The molecular formula is C15H23ClN2O. The van der Waals surface area contributed by atoms with Gasteiger partial charge in [0.1, 0.15) is 0 Å². The van der Waals surface area contributed by atoms with E-state index in [1.807, 2.05) is 43.3 Å². The first-order valence-corrected chi connectivity index (χ1v) is 6.86. The summed E-state index contributed by atoms with van der Waals surface area (Å²) in [4.78, 5) is 13.7. The largest absolute Gasteiger partial charge is 0.355 e. The van der Waals surface area contributed by atoms with Crippen LogP contribution in [0.3, 0.4) is 0 Å². The highest BCUT2D eigenvalue weighted by atomic mass is 35.5. The van der Waals surface area contributed by atoms with E-state index in [1.165, 1.54) is 5.56 Å². The van der Waals surface area contributed by atoms with Gasteiger partial charge in [-0.3, -0.25) is 4.79 Å². The number of rotatable bonds is 6. The topological polar surface area (TPSA) is 32.3 Å². The minimum Gasteiger partial charge on any atom is -0.355 e. The number of nitrogens with one attached hydrogen (secondary N) is 1. The van der Waals surface area contributed by atoms with Crippen LogP contribution in [0.5, 0.6) is 0 Å². The van der Waals surface area contributed by atoms with E-state index in [1.54, 1.807) is 0 Å². The maximum absolute atomic E-state index is 11.7. The molecule has 0 bridgehead atoms. The summed E-state index contributed by atoms with van der Waals surface area (Å²) in [7, 11) is 3.93. The van der Waals surface area contributed by atoms with Crippen molar-refractivity contribution in [3.05, 3.63) is 34.9 Å². The van der Waals surface area contributed by atoms with Gasteiger partial charge >= 0.3 is 0 Å². The molecule has 19 heavy (non-hydrogen) atoms. The molecule has 0 saturated carbocycles. The van der Waals surface area contributed by atoms with Crippen molar-refractivity contribution >= 4 is 17.5 Å². The predicted octanol–water partition coefficient (Wildman–Crippen LogP) is 2.69. The number of amides is 1. The lowest BCUT2D eigenvalue weighted by atomic mass is 9.84. The molecule has 3 nitrogen and oxygen atoms in total. The lowest BCUT2D eigenvalue weighted by Gasteiger charge is -2.26. The first-order chi connectivity index (χ1) is 8.81.